The lowest BCUT2D eigenvalue weighted by molar-refractivity contribution is 0.468. The molecule has 2 aliphatic heterocycles. The number of ether oxygens (including phenoxy) is 2. The zero-order valence-corrected chi connectivity index (χ0v) is 27.0. The van der Waals surface area contributed by atoms with E-state index < -0.39 is 6.04 Å². The predicted octanol–water partition coefficient (Wildman–Crippen LogP) is 10.8. The summed E-state index contributed by atoms with van der Waals surface area (Å²) < 4.78 is 27.1. The van der Waals surface area contributed by atoms with E-state index in [0.29, 0.717) is 0 Å². The molecule has 226 valence electrons. The molecule has 6 heteroatoms. The van der Waals surface area contributed by atoms with Gasteiger partial charge in [0.05, 0.1) is 11.3 Å². The third-order valence-corrected chi connectivity index (χ3v) is 14.6. The van der Waals surface area contributed by atoms with E-state index in [4.69, 9.17) is 30.1 Å². The van der Waals surface area contributed by atoms with Gasteiger partial charge >= 0.3 is 0 Å². The standard InChI is InChI=1S/C42H23O4PS/c48-47-36-21-7-5-19-34(36)45-40-30(28-15-9-13-26-24-11-1-3-17-32(24)43-38(26)28)23-31(41(42(40)47)46-35-20-6-8-22-37(35)47)29-16-10-14-27-25-12-2-4-18-33(25)44-39(27)29/h1-23H. The molecule has 4 nitrogen and oxygen atoms in total. The highest BCUT2D eigenvalue weighted by atomic mass is 32.4. The Labute approximate surface area is 279 Å². The minimum Gasteiger partial charge on any atom is -0.455 e. The zero-order chi connectivity index (χ0) is 31.6. The van der Waals surface area contributed by atoms with Crippen LogP contribution in [-0.4, -0.2) is 0 Å². The van der Waals surface area contributed by atoms with Crippen LogP contribution in [-0.2, 0) is 11.8 Å². The first-order valence-electron chi connectivity index (χ1n) is 15.9. The molecule has 4 heterocycles. The third-order valence-electron chi connectivity index (χ3n) is 9.74. The van der Waals surface area contributed by atoms with Gasteiger partial charge in [0.25, 0.3) is 0 Å². The number of hydrogen-bond acceptors (Lipinski definition) is 5. The molecule has 0 fully saturated rings. The van der Waals surface area contributed by atoms with Gasteiger partial charge in [-0.25, -0.2) is 0 Å². The molecule has 0 saturated heterocycles. The number of rotatable bonds is 2. The van der Waals surface area contributed by atoms with E-state index in [1.54, 1.807) is 0 Å². The van der Waals surface area contributed by atoms with Crippen LogP contribution in [0.3, 0.4) is 0 Å². The van der Waals surface area contributed by atoms with E-state index in [-0.39, 0.29) is 0 Å². The summed E-state index contributed by atoms with van der Waals surface area (Å²) in [7, 11) is 0. The second-order valence-electron chi connectivity index (χ2n) is 12.3. The Morgan fingerprint density at radius 1 is 0.417 bits per heavy atom. The van der Waals surface area contributed by atoms with Gasteiger partial charge in [0.2, 0.25) is 0 Å². The van der Waals surface area contributed by atoms with E-state index in [1.165, 1.54) is 0 Å². The van der Waals surface area contributed by atoms with Crippen LogP contribution in [0.5, 0.6) is 23.0 Å². The minimum absolute atomic E-state index is 0.718. The molecule has 0 radical (unpaired) electrons. The molecule has 2 aromatic heterocycles. The van der Waals surface area contributed by atoms with Crippen molar-refractivity contribution in [1.29, 1.82) is 0 Å². The highest BCUT2D eigenvalue weighted by Gasteiger charge is 2.45. The highest BCUT2D eigenvalue weighted by Crippen LogP contribution is 2.62. The van der Waals surface area contributed by atoms with Gasteiger partial charge in [0.15, 0.2) is 0 Å². The largest absolute Gasteiger partial charge is 0.455 e. The van der Waals surface area contributed by atoms with Gasteiger partial charge in [-0.05, 0) is 42.5 Å². The van der Waals surface area contributed by atoms with Crippen LogP contribution in [0.4, 0.5) is 0 Å². The Kier molecular flexibility index (Phi) is 5.23. The molecule has 7 aromatic carbocycles. The van der Waals surface area contributed by atoms with Gasteiger partial charge in [-0.2, -0.15) is 0 Å². The van der Waals surface area contributed by atoms with E-state index >= 15 is 0 Å². The number of fused-ring (bicyclic) bond motifs is 10. The van der Waals surface area contributed by atoms with Crippen molar-refractivity contribution >= 4 is 77.6 Å². The van der Waals surface area contributed by atoms with Crippen molar-refractivity contribution in [2.24, 2.45) is 0 Å². The molecule has 0 saturated carbocycles. The zero-order valence-electron chi connectivity index (χ0n) is 25.3. The lowest BCUT2D eigenvalue weighted by Gasteiger charge is -2.39. The van der Waals surface area contributed by atoms with E-state index in [0.717, 1.165) is 105 Å². The quantitative estimate of drug-likeness (QED) is 0.174. The van der Waals surface area contributed by atoms with Crippen LogP contribution in [0.2, 0.25) is 0 Å². The number of benzene rings is 7. The molecule has 0 bridgehead atoms. The summed E-state index contributed by atoms with van der Waals surface area (Å²) in [5, 5.41) is 7.21. The summed E-state index contributed by atoms with van der Waals surface area (Å²) in [5.41, 5.74) is 6.94. The van der Waals surface area contributed by atoms with Crippen LogP contribution in [0.25, 0.3) is 66.1 Å². The van der Waals surface area contributed by atoms with Crippen molar-refractivity contribution in [3.8, 4) is 45.3 Å². The number of hydrogen-bond donors (Lipinski definition) is 0. The molecule has 48 heavy (non-hydrogen) atoms. The summed E-state index contributed by atoms with van der Waals surface area (Å²) in [6.45, 7) is 0. The van der Waals surface area contributed by atoms with E-state index in [2.05, 4.69) is 66.7 Å². The molecule has 0 N–H and O–H groups in total. The van der Waals surface area contributed by atoms with Crippen LogP contribution in [0.15, 0.2) is 148 Å². The van der Waals surface area contributed by atoms with Crippen molar-refractivity contribution in [1.82, 2.24) is 0 Å². The molecule has 0 unspecified atom stereocenters. The topological polar surface area (TPSA) is 44.7 Å². The average molecular weight is 655 g/mol. The van der Waals surface area contributed by atoms with Gasteiger partial charge in [-0.15, -0.1) is 0 Å². The predicted molar refractivity (Wildman–Crippen MR) is 198 cm³/mol. The molecular weight excluding hydrogens is 631 g/mol. The van der Waals surface area contributed by atoms with Crippen molar-refractivity contribution in [2.45, 2.75) is 0 Å². The van der Waals surface area contributed by atoms with Crippen molar-refractivity contribution in [2.75, 3.05) is 0 Å². The summed E-state index contributed by atoms with van der Waals surface area (Å²) in [4.78, 5) is 0. The van der Waals surface area contributed by atoms with Crippen LogP contribution < -0.4 is 25.4 Å². The molecule has 2 aliphatic rings. The fraction of sp³-hybridized carbons (Fsp3) is 0. The molecule has 0 aliphatic carbocycles. The second-order valence-corrected chi connectivity index (χ2v) is 16.6. The van der Waals surface area contributed by atoms with Crippen molar-refractivity contribution < 1.29 is 18.3 Å². The number of para-hydroxylation sites is 6. The van der Waals surface area contributed by atoms with Gasteiger partial charge < -0.3 is 18.3 Å². The lowest BCUT2D eigenvalue weighted by Crippen LogP contribution is -2.35. The average Bonchev–Trinajstić information content (AvgIpc) is 3.71. The fourth-order valence-corrected chi connectivity index (χ4v) is 12.1. The normalized spacial score (nSPS) is 14.0. The molecule has 0 atom stereocenters. The van der Waals surface area contributed by atoms with E-state index in [1.807, 2.05) is 72.8 Å². The first kappa shape index (κ1) is 26.5. The SMILES string of the molecule is S=P12c3ccccc3Oc3c(-c4cccc5c4oc4ccccc45)cc(-c4cccc5c4oc4ccccc45)c(c31)Oc1ccccc12. The lowest BCUT2D eigenvalue weighted by atomic mass is 9.94. The van der Waals surface area contributed by atoms with Crippen molar-refractivity contribution in [3.63, 3.8) is 0 Å². The maximum Gasteiger partial charge on any atom is 0.148 e. The Morgan fingerprint density at radius 2 is 0.854 bits per heavy atom. The summed E-state index contributed by atoms with van der Waals surface area (Å²) >= 11 is 6.98. The maximum absolute atomic E-state index is 6.98. The molecular formula is C42H23O4PS. The highest BCUT2D eigenvalue weighted by molar-refractivity contribution is 8.26. The Balaban J connectivity index is 1.32. The van der Waals surface area contributed by atoms with E-state index in [9.17, 15) is 0 Å². The smallest absolute Gasteiger partial charge is 0.148 e. The third kappa shape index (κ3) is 3.37. The monoisotopic (exact) mass is 654 g/mol. The van der Waals surface area contributed by atoms with Gasteiger partial charge in [-0.1, -0.05) is 109 Å². The Bertz CT molecular complexity index is 2710. The van der Waals surface area contributed by atoms with Crippen molar-refractivity contribution in [3.05, 3.63) is 140 Å². The first-order valence-corrected chi connectivity index (χ1v) is 18.7. The van der Waals surface area contributed by atoms with Gasteiger partial charge in [0.1, 0.15) is 45.3 Å². The molecule has 0 amide bonds. The maximum atomic E-state index is 6.98. The minimum atomic E-state index is -2.66. The molecule has 0 spiro atoms. The summed E-state index contributed by atoms with van der Waals surface area (Å²) in [6.07, 6.45) is 0. The Morgan fingerprint density at radius 3 is 1.38 bits per heavy atom. The fourth-order valence-electron chi connectivity index (χ4n) is 7.64. The first-order chi connectivity index (χ1) is 23.7. The van der Waals surface area contributed by atoms with Crippen LogP contribution >= 0.6 is 6.04 Å². The second kappa shape index (κ2) is 9.48. The van der Waals surface area contributed by atoms with Gasteiger partial charge in [-0.3, -0.25) is 0 Å². The Hall–Kier alpha value is -5.61. The van der Waals surface area contributed by atoms with Crippen LogP contribution in [0.1, 0.15) is 0 Å². The molecule has 9 aromatic rings. The summed E-state index contributed by atoms with van der Waals surface area (Å²) in [5.74, 6) is 2.99. The van der Waals surface area contributed by atoms with Crippen LogP contribution in [0, 0.1) is 0 Å². The van der Waals surface area contributed by atoms with Gasteiger partial charge in [0, 0.05) is 54.4 Å². The summed E-state index contributed by atoms with van der Waals surface area (Å²) in [6, 6.07) is 44.9. The number of furan rings is 2. The molecule has 11 rings (SSSR count).